The molecule has 0 N–H and O–H groups in total. The number of para-hydroxylation sites is 1. The molecule has 0 aliphatic carbocycles. The van der Waals surface area contributed by atoms with Gasteiger partial charge in [-0.2, -0.15) is 0 Å². The van der Waals surface area contributed by atoms with Crippen molar-refractivity contribution in [3.05, 3.63) is 176 Å². The molecule has 3 heteroatoms. The second kappa shape index (κ2) is 11.0. The van der Waals surface area contributed by atoms with Crippen LogP contribution in [0.25, 0.3) is 65.7 Å². The molecule has 0 fully saturated rings. The normalized spacial score (nSPS) is 11.5. The maximum absolute atomic E-state index is 17.2. The van der Waals surface area contributed by atoms with Gasteiger partial charge in [-0.1, -0.05) is 127 Å². The van der Waals surface area contributed by atoms with E-state index >= 15 is 4.39 Å². The van der Waals surface area contributed by atoms with Gasteiger partial charge in [0, 0.05) is 27.8 Å². The molecular formula is C44H28FNO. The van der Waals surface area contributed by atoms with Crippen molar-refractivity contribution >= 4 is 60.5 Å². The lowest BCUT2D eigenvalue weighted by molar-refractivity contribution is 0.629. The van der Waals surface area contributed by atoms with E-state index in [1.807, 2.05) is 91.0 Å². The molecule has 9 rings (SSSR count). The Kier molecular flexibility index (Phi) is 6.36. The standard InChI is InChI=1S/C44H28FNO/c45-40-26-32(29-13-3-1-4-14-29)25-39(30-15-5-2-6-16-30)44(40)46(33-23-24-38-37-21-11-12-22-42(37)47-43(38)28-33)41-27-31-17-7-8-18-34(31)35-19-9-10-20-36(35)41/h1-28H. The third-order valence-electron chi connectivity index (χ3n) is 9.09. The molecule has 47 heavy (non-hydrogen) atoms. The molecule has 1 aromatic heterocycles. The lowest BCUT2D eigenvalue weighted by Crippen LogP contribution is -2.14. The van der Waals surface area contributed by atoms with Crippen LogP contribution in [0.2, 0.25) is 0 Å². The zero-order chi connectivity index (χ0) is 31.3. The first-order valence-electron chi connectivity index (χ1n) is 15.8. The lowest BCUT2D eigenvalue weighted by atomic mass is 9.94. The van der Waals surface area contributed by atoms with E-state index in [1.54, 1.807) is 6.07 Å². The van der Waals surface area contributed by atoms with Crippen LogP contribution in [0.1, 0.15) is 0 Å². The monoisotopic (exact) mass is 605 g/mol. The van der Waals surface area contributed by atoms with Gasteiger partial charge in [0.1, 0.15) is 17.0 Å². The van der Waals surface area contributed by atoms with Gasteiger partial charge in [0.25, 0.3) is 0 Å². The molecule has 2 nitrogen and oxygen atoms in total. The van der Waals surface area contributed by atoms with E-state index in [4.69, 9.17) is 4.42 Å². The highest BCUT2D eigenvalue weighted by atomic mass is 19.1. The molecule has 1 heterocycles. The molecule has 0 saturated carbocycles. The van der Waals surface area contributed by atoms with Gasteiger partial charge in [-0.15, -0.1) is 0 Å². The fraction of sp³-hybridized carbons (Fsp3) is 0. The Morgan fingerprint density at radius 1 is 0.426 bits per heavy atom. The predicted octanol–water partition coefficient (Wildman–Crippen LogP) is 12.8. The summed E-state index contributed by atoms with van der Waals surface area (Å²) < 4.78 is 23.6. The highest BCUT2D eigenvalue weighted by molar-refractivity contribution is 6.15. The van der Waals surface area contributed by atoms with E-state index in [9.17, 15) is 0 Å². The third-order valence-corrected chi connectivity index (χ3v) is 9.09. The Balaban J connectivity index is 1.40. The molecule has 0 bridgehead atoms. The van der Waals surface area contributed by atoms with Crippen LogP contribution in [-0.2, 0) is 0 Å². The van der Waals surface area contributed by atoms with E-state index in [-0.39, 0.29) is 5.82 Å². The molecule has 9 aromatic rings. The average Bonchev–Trinajstić information content (AvgIpc) is 3.51. The number of fused-ring (bicyclic) bond motifs is 6. The predicted molar refractivity (Wildman–Crippen MR) is 194 cm³/mol. The molecule has 0 unspecified atom stereocenters. The molecule has 0 atom stereocenters. The van der Waals surface area contributed by atoms with Crippen molar-refractivity contribution in [3.8, 4) is 22.3 Å². The number of rotatable bonds is 5. The van der Waals surface area contributed by atoms with Crippen LogP contribution in [0, 0.1) is 5.82 Å². The summed E-state index contributed by atoms with van der Waals surface area (Å²) in [7, 11) is 0. The second-order valence-electron chi connectivity index (χ2n) is 11.9. The van der Waals surface area contributed by atoms with Crippen molar-refractivity contribution in [2.75, 3.05) is 4.90 Å². The van der Waals surface area contributed by atoms with E-state index in [0.717, 1.165) is 77.1 Å². The fourth-order valence-electron chi connectivity index (χ4n) is 6.92. The zero-order valence-electron chi connectivity index (χ0n) is 25.4. The molecule has 0 saturated heterocycles. The van der Waals surface area contributed by atoms with Gasteiger partial charge >= 0.3 is 0 Å². The largest absolute Gasteiger partial charge is 0.456 e. The van der Waals surface area contributed by atoms with Crippen LogP contribution >= 0.6 is 0 Å². The van der Waals surface area contributed by atoms with Gasteiger partial charge in [-0.3, -0.25) is 0 Å². The summed E-state index contributed by atoms with van der Waals surface area (Å²) in [6.07, 6.45) is 0. The third kappa shape index (κ3) is 4.55. The summed E-state index contributed by atoms with van der Waals surface area (Å²) in [4.78, 5) is 2.08. The van der Waals surface area contributed by atoms with Gasteiger partial charge in [-0.05, 0) is 69.2 Å². The minimum atomic E-state index is -0.313. The lowest BCUT2D eigenvalue weighted by Gasteiger charge is -2.30. The number of hydrogen-bond donors (Lipinski definition) is 0. The van der Waals surface area contributed by atoms with Crippen LogP contribution in [0.4, 0.5) is 21.5 Å². The van der Waals surface area contributed by atoms with Gasteiger partial charge in [-0.25, -0.2) is 4.39 Å². The van der Waals surface area contributed by atoms with Gasteiger partial charge in [0.05, 0.1) is 17.1 Å². The second-order valence-corrected chi connectivity index (χ2v) is 11.9. The van der Waals surface area contributed by atoms with Gasteiger partial charge in [0.15, 0.2) is 0 Å². The Morgan fingerprint density at radius 2 is 1.04 bits per heavy atom. The van der Waals surface area contributed by atoms with Crippen molar-refractivity contribution in [2.45, 2.75) is 0 Å². The van der Waals surface area contributed by atoms with Crippen molar-refractivity contribution in [1.29, 1.82) is 0 Å². The number of anilines is 3. The topological polar surface area (TPSA) is 16.4 Å². The van der Waals surface area contributed by atoms with Gasteiger partial charge < -0.3 is 9.32 Å². The summed E-state index contributed by atoms with van der Waals surface area (Å²) in [6.45, 7) is 0. The minimum absolute atomic E-state index is 0.313. The Hall–Kier alpha value is -6.19. The van der Waals surface area contributed by atoms with Crippen molar-refractivity contribution in [2.24, 2.45) is 0 Å². The van der Waals surface area contributed by atoms with E-state index in [0.29, 0.717) is 5.69 Å². The molecule has 0 amide bonds. The highest BCUT2D eigenvalue weighted by Gasteiger charge is 2.25. The molecule has 0 aliphatic heterocycles. The Bertz CT molecular complexity index is 2590. The molecule has 0 spiro atoms. The smallest absolute Gasteiger partial charge is 0.148 e. The molecule has 8 aromatic carbocycles. The van der Waals surface area contributed by atoms with E-state index in [2.05, 4.69) is 77.7 Å². The molecule has 222 valence electrons. The maximum Gasteiger partial charge on any atom is 0.148 e. The first kappa shape index (κ1) is 27.1. The Labute approximate surface area is 271 Å². The van der Waals surface area contributed by atoms with E-state index < -0.39 is 0 Å². The quantitative estimate of drug-likeness (QED) is 0.182. The fourth-order valence-corrected chi connectivity index (χ4v) is 6.92. The maximum atomic E-state index is 17.2. The number of halogens is 1. The van der Waals surface area contributed by atoms with Crippen LogP contribution in [0.5, 0.6) is 0 Å². The van der Waals surface area contributed by atoms with Gasteiger partial charge in [0.2, 0.25) is 0 Å². The molecule has 0 radical (unpaired) electrons. The van der Waals surface area contributed by atoms with Crippen LogP contribution in [0.3, 0.4) is 0 Å². The Morgan fingerprint density at radius 3 is 1.83 bits per heavy atom. The van der Waals surface area contributed by atoms with Crippen molar-refractivity contribution < 1.29 is 8.81 Å². The summed E-state index contributed by atoms with van der Waals surface area (Å²) >= 11 is 0. The molecular weight excluding hydrogens is 577 g/mol. The number of hydrogen-bond acceptors (Lipinski definition) is 2. The summed E-state index contributed by atoms with van der Waals surface area (Å²) in [5.74, 6) is -0.313. The summed E-state index contributed by atoms with van der Waals surface area (Å²) in [5.41, 5.74) is 7.26. The van der Waals surface area contributed by atoms with Crippen molar-refractivity contribution in [1.82, 2.24) is 0 Å². The van der Waals surface area contributed by atoms with Crippen LogP contribution in [-0.4, -0.2) is 0 Å². The first-order chi connectivity index (χ1) is 23.2. The average molecular weight is 606 g/mol. The molecule has 0 aliphatic rings. The van der Waals surface area contributed by atoms with Crippen molar-refractivity contribution in [3.63, 3.8) is 0 Å². The number of benzene rings is 8. The highest BCUT2D eigenvalue weighted by Crippen LogP contribution is 2.48. The zero-order valence-corrected chi connectivity index (χ0v) is 25.4. The van der Waals surface area contributed by atoms with E-state index in [1.165, 1.54) is 0 Å². The summed E-state index contributed by atoms with van der Waals surface area (Å²) in [5, 5.41) is 6.46. The number of furan rings is 1. The van der Waals surface area contributed by atoms with Crippen LogP contribution in [0.15, 0.2) is 174 Å². The SMILES string of the molecule is Fc1cc(-c2ccccc2)cc(-c2ccccc2)c1N(c1ccc2c(c1)oc1ccccc12)c1cc2ccccc2c2ccccc12. The minimum Gasteiger partial charge on any atom is -0.456 e. The first-order valence-corrected chi connectivity index (χ1v) is 15.8. The number of nitrogens with zero attached hydrogens (tertiary/aromatic N) is 1. The summed E-state index contributed by atoms with van der Waals surface area (Å²) in [6, 6.07) is 57.1. The van der Waals surface area contributed by atoms with Crippen LogP contribution < -0.4 is 4.90 Å².